The van der Waals surface area contributed by atoms with Crippen molar-refractivity contribution in [3.05, 3.63) is 64.7 Å². The molecule has 7 nitrogen and oxygen atoms in total. The molecule has 0 saturated carbocycles. The summed E-state index contributed by atoms with van der Waals surface area (Å²) >= 11 is 6.14. The van der Waals surface area contributed by atoms with Crippen molar-refractivity contribution in [2.75, 3.05) is 17.1 Å². The van der Waals surface area contributed by atoms with Crippen LogP contribution in [0.15, 0.2) is 48.5 Å². The summed E-state index contributed by atoms with van der Waals surface area (Å²) in [4.78, 5) is 28.0. The lowest BCUT2D eigenvalue weighted by atomic mass is 10.0. The summed E-state index contributed by atoms with van der Waals surface area (Å²) < 4.78 is 26.8. The number of nitrogens with zero attached hydrogens (tertiary/aromatic N) is 2. The van der Waals surface area contributed by atoms with Gasteiger partial charge in [0.25, 0.3) is 0 Å². The largest absolute Gasteiger partial charge is 0.350 e. The minimum Gasteiger partial charge on any atom is -0.350 e. The van der Waals surface area contributed by atoms with Crippen LogP contribution in [0, 0.1) is 0 Å². The van der Waals surface area contributed by atoms with Crippen molar-refractivity contribution >= 4 is 39.1 Å². The van der Waals surface area contributed by atoms with Crippen LogP contribution in [-0.2, 0) is 26.2 Å². The van der Waals surface area contributed by atoms with Crippen molar-refractivity contribution in [2.45, 2.75) is 65.6 Å². The van der Waals surface area contributed by atoms with Gasteiger partial charge < -0.3 is 10.2 Å². The highest BCUT2D eigenvalue weighted by Gasteiger charge is 2.32. The number of hydrogen-bond acceptors (Lipinski definition) is 4. The van der Waals surface area contributed by atoms with E-state index in [1.54, 1.807) is 37.3 Å². The Morgan fingerprint density at radius 1 is 1.03 bits per heavy atom. The van der Waals surface area contributed by atoms with Gasteiger partial charge in [-0.05, 0) is 62.9 Å². The molecule has 0 fully saturated rings. The third-order valence-corrected chi connectivity index (χ3v) is 6.78. The van der Waals surface area contributed by atoms with Crippen LogP contribution < -0.4 is 9.62 Å². The SMILES string of the molecule is CC(C)c1ccccc1N(CC(=O)N(Cc1cccc(Cl)c1)[C@H](C)C(=O)NC(C)(C)C)S(C)(=O)=O. The van der Waals surface area contributed by atoms with Crippen molar-refractivity contribution in [3.63, 3.8) is 0 Å². The van der Waals surface area contributed by atoms with E-state index in [1.807, 2.05) is 52.8 Å². The van der Waals surface area contributed by atoms with Gasteiger partial charge in [0.1, 0.15) is 12.6 Å². The number of carbonyl (C=O) groups excluding carboxylic acids is 2. The molecule has 0 radical (unpaired) electrons. The number of rotatable bonds is 9. The van der Waals surface area contributed by atoms with Crippen molar-refractivity contribution in [1.29, 1.82) is 0 Å². The highest BCUT2D eigenvalue weighted by Crippen LogP contribution is 2.29. The van der Waals surface area contributed by atoms with Crippen molar-refractivity contribution in [1.82, 2.24) is 10.2 Å². The predicted molar refractivity (Wildman–Crippen MR) is 142 cm³/mol. The third kappa shape index (κ3) is 8.25. The molecule has 0 aliphatic rings. The Labute approximate surface area is 214 Å². The first-order chi connectivity index (χ1) is 16.1. The Bertz CT molecular complexity index is 1160. The number of anilines is 1. The number of para-hydroxylation sites is 1. The topological polar surface area (TPSA) is 86.8 Å². The van der Waals surface area contributed by atoms with Crippen molar-refractivity contribution in [2.24, 2.45) is 0 Å². The van der Waals surface area contributed by atoms with Gasteiger partial charge in [0.2, 0.25) is 21.8 Å². The molecule has 0 aromatic heterocycles. The van der Waals surface area contributed by atoms with E-state index in [9.17, 15) is 18.0 Å². The first kappa shape index (κ1) is 28.7. The van der Waals surface area contributed by atoms with E-state index in [0.717, 1.165) is 21.7 Å². The average molecular weight is 522 g/mol. The van der Waals surface area contributed by atoms with Crippen LogP contribution in [0.3, 0.4) is 0 Å². The maximum atomic E-state index is 13.7. The molecule has 1 N–H and O–H groups in total. The van der Waals surface area contributed by atoms with Gasteiger partial charge in [-0.1, -0.05) is 55.8 Å². The van der Waals surface area contributed by atoms with Gasteiger partial charge in [0.05, 0.1) is 11.9 Å². The van der Waals surface area contributed by atoms with E-state index in [2.05, 4.69) is 5.32 Å². The summed E-state index contributed by atoms with van der Waals surface area (Å²) in [5, 5.41) is 3.40. The monoisotopic (exact) mass is 521 g/mol. The molecule has 0 aliphatic carbocycles. The minimum atomic E-state index is -3.79. The zero-order chi connectivity index (χ0) is 26.6. The van der Waals surface area contributed by atoms with Crippen LogP contribution in [0.2, 0.25) is 5.02 Å². The second kappa shape index (κ2) is 11.4. The second-order valence-electron chi connectivity index (χ2n) is 10.0. The van der Waals surface area contributed by atoms with Crippen LogP contribution in [0.4, 0.5) is 5.69 Å². The molecule has 0 unspecified atom stereocenters. The summed E-state index contributed by atoms with van der Waals surface area (Å²) in [6.07, 6.45) is 1.08. The lowest BCUT2D eigenvalue weighted by molar-refractivity contribution is -0.140. The molecule has 9 heteroatoms. The summed E-state index contributed by atoms with van der Waals surface area (Å²) in [6, 6.07) is 13.3. The van der Waals surface area contributed by atoms with E-state index in [-0.39, 0.29) is 18.4 Å². The predicted octanol–water partition coefficient (Wildman–Crippen LogP) is 4.56. The molecule has 192 valence electrons. The number of amides is 2. The van der Waals surface area contributed by atoms with Gasteiger partial charge in [0.15, 0.2) is 0 Å². The number of nitrogens with one attached hydrogen (secondary N) is 1. The van der Waals surface area contributed by atoms with Gasteiger partial charge in [-0.25, -0.2) is 8.42 Å². The molecular weight excluding hydrogens is 486 g/mol. The number of halogens is 1. The minimum absolute atomic E-state index is 0.0459. The fourth-order valence-corrected chi connectivity index (χ4v) is 4.77. The molecular formula is C26H36ClN3O4S. The normalized spacial score (nSPS) is 12.8. The summed E-state index contributed by atoms with van der Waals surface area (Å²) in [7, 11) is -3.79. The van der Waals surface area contributed by atoms with Gasteiger partial charge in [0, 0.05) is 17.1 Å². The number of benzene rings is 2. The molecule has 2 amide bonds. The van der Waals surface area contributed by atoms with E-state index < -0.39 is 34.1 Å². The van der Waals surface area contributed by atoms with Crippen LogP contribution >= 0.6 is 11.6 Å². The zero-order valence-corrected chi connectivity index (χ0v) is 23.1. The van der Waals surface area contributed by atoms with E-state index in [1.165, 1.54) is 4.90 Å². The van der Waals surface area contributed by atoms with Gasteiger partial charge in [-0.15, -0.1) is 0 Å². The first-order valence-electron chi connectivity index (χ1n) is 11.5. The zero-order valence-electron chi connectivity index (χ0n) is 21.5. The Morgan fingerprint density at radius 3 is 2.20 bits per heavy atom. The Kier molecular flexibility index (Phi) is 9.36. The lowest BCUT2D eigenvalue weighted by Gasteiger charge is -2.33. The molecule has 2 aromatic rings. The molecule has 0 bridgehead atoms. The molecule has 35 heavy (non-hydrogen) atoms. The molecule has 0 saturated heterocycles. The van der Waals surface area contributed by atoms with Crippen LogP contribution in [0.1, 0.15) is 58.6 Å². The standard InChI is InChI=1S/C26H36ClN3O4S/c1-18(2)22-13-8-9-14-23(22)30(35(7,33)34)17-24(31)29(16-20-11-10-12-21(27)15-20)19(3)25(32)28-26(4,5)6/h8-15,18-19H,16-17H2,1-7H3,(H,28,32)/t19-/m1/s1. The quantitative estimate of drug-likeness (QED) is 0.524. The maximum Gasteiger partial charge on any atom is 0.244 e. The number of sulfonamides is 1. The van der Waals surface area contributed by atoms with Crippen LogP contribution in [0.25, 0.3) is 0 Å². The average Bonchev–Trinajstić information content (AvgIpc) is 2.73. The fourth-order valence-electron chi connectivity index (χ4n) is 3.69. The molecule has 0 heterocycles. The third-order valence-electron chi connectivity index (χ3n) is 5.41. The van der Waals surface area contributed by atoms with Crippen molar-refractivity contribution < 1.29 is 18.0 Å². The summed E-state index contributed by atoms with van der Waals surface area (Å²) in [6.45, 7) is 10.8. The Morgan fingerprint density at radius 2 is 1.66 bits per heavy atom. The van der Waals surface area contributed by atoms with E-state index in [4.69, 9.17) is 11.6 Å². The van der Waals surface area contributed by atoms with Gasteiger partial charge in [-0.3, -0.25) is 13.9 Å². The number of hydrogen-bond donors (Lipinski definition) is 1. The highest BCUT2D eigenvalue weighted by molar-refractivity contribution is 7.92. The molecule has 0 spiro atoms. The van der Waals surface area contributed by atoms with Crippen molar-refractivity contribution in [3.8, 4) is 0 Å². The summed E-state index contributed by atoms with van der Waals surface area (Å²) in [5.74, 6) is -0.781. The maximum absolute atomic E-state index is 13.7. The van der Waals surface area contributed by atoms with Gasteiger partial charge in [-0.2, -0.15) is 0 Å². The highest BCUT2D eigenvalue weighted by atomic mass is 35.5. The van der Waals surface area contributed by atoms with Crippen LogP contribution in [0.5, 0.6) is 0 Å². The van der Waals surface area contributed by atoms with E-state index >= 15 is 0 Å². The lowest BCUT2D eigenvalue weighted by Crippen LogP contribution is -2.54. The second-order valence-corrected chi connectivity index (χ2v) is 12.4. The fraction of sp³-hybridized carbons (Fsp3) is 0.462. The molecule has 1 atom stereocenters. The molecule has 2 rings (SSSR count). The van der Waals surface area contributed by atoms with E-state index in [0.29, 0.717) is 10.7 Å². The van der Waals surface area contributed by atoms with Crippen LogP contribution in [-0.4, -0.2) is 49.5 Å². The number of carbonyl (C=O) groups is 2. The Hall–Kier alpha value is -2.58. The summed E-state index contributed by atoms with van der Waals surface area (Å²) in [5.41, 5.74) is 1.50. The molecule has 2 aromatic carbocycles. The molecule has 0 aliphatic heterocycles. The van der Waals surface area contributed by atoms with Gasteiger partial charge >= 0.3 is 0 Å². The Balaban J connectivity index is 2.47. The first-order valence-corrected chi connectivity index (χ1v) is 13.8. The smallest absolute Gasteiger partial charge is 0.244 e.